The van der Waals surface area contributed by atoms with Crippen molar-refractivity contribution in [1.29, 1.82) is 0 Å². The van der Waals surface area contributed by atoms with E-state index in [4.69, 9.17) is 4.74 Å². The SMILES string of the molecule is COCC1(O)CCN(Cc2ccccc2)CC1. The van der Waals surface area contributed by atoms with E-state index >= 15 is 0 Å². The molecule has 1 aliphatic heterocycles. The zero-order valence-electron chi connectivity index (χ0n) is 10.4. The molecule has 0 unspecified atom stereocenters. The van der Waals surface area contributed by atoms with Crippen molar-refractivity contribution in [3.8, 4) is 0 Å². The van der Waals surface area contributed by atoms with Gasteiger partial charge >= 0.3 is 0 Å². The summed E-state index contributed by atoms with van der Waals surface area (Å²) in [6, 6.07) is 10.5. The highest BCUT2D eigenvalue weighted by Gasteiger charge is 2.31. The minimum absolute atomic E-state index is 0.451. The lowest BCUT2D eigenvalue weighted by Crippen LogP contribution is -2.46. The van der Waals surface area contributed by atoms with Crippen molar-refractivity contribution in [2.45, 2.75) is 25.0 Å². The van der Waals surface area contributed by atoms with Gasteiger partial charge in [-0.3, -0.25) is 4.90 Å². The number of hydrogen-bond donors (Lipinski definition) is 1. The highest BCUT2D eigenvalue weighted by molar-refractivity contribution is 5.14. The van der Waals surface area contributed by atoms with Gasteiger partial charge in [-0.2, -0.15) is 0 Å². The third-order valence-corrected chi connectivity index (χ3v) is 3.45. The maximum atomic E-state index is 10.2. The van der Waals surface area contributed by atoms with Crippen LogP contribution < -0.4 is 0 Å². The molecule has 0 bridgehead atoms. The van der Waals surface area contributed by atoms with E-state index in [1.54, 1.807) is 7.11 Å². The van der Waals surface area contributed by atoms with Gasteiger partial charge in [0.2, 0.25) is 0 Å². The Morgan fingerprint density at radius 2 is 1.88 bits per heavy atom. The van der Waals surface area contributed by atoms with E-state index in [0.717, 1.165) is 32.5 Å². The lowest BCUT2D eigenvalue weighted by atomic mass is 9.92. The van der Waals surface area contributed by atoms with Crippen LogP contribution in [-0.2, 0) is 11.3 Å². The molecule has 0 radical (unpaired) electrons. The Labute approximate surface area is 103 Å². The smallest absolute Gasteiger partial charge is 0.0904 e. The van der Waals surface area contributed by atoms with Crippen molar-refractivity contribution < 1.29 is 9.84 Å². The van der Waals surface area contributed by atoms with Crippen molar-refractivity contribution in [3.63, 3.8) is 0 Å². The van der Waals surface area contributed by atoms with Gasteiger partial charge in [0.25, 0.3) is 0 Å². The zero-order valence-corrected chi connectivity index (χ0v) is 10.4. The predicted molar refractivity (Wildman–Crippen MR) is 67.8 cm³/mol. The van der Waals surface area contributed by atoms with Crippen LogP contribution in [0.25, 0.3) is 0 Å². The first-order valence-electron chi connectivity index (χ1n) is 6.19. The van der Waals surface area contributed by atoms with Gasteiger partial charge in [0, 0.05) is 26.7 Å². The van der Waals surface area contributed by atoms with Gasteiger partial charge in [0.1, 0.15) is 0 Å². The summed E-state index contributed by atoms with van der Waals surface area (Å²) in [5, 5.41) is 10.2. The van der Waals surface area contributed by atoms with Crippen LogP contribution in [0.2, 0.25) is 0 Å². The first-order chi connectivity index (χ1) is 8.22. The Bertz CT molecular complexity index is 331. The topological polar surface area (TPSA) is 32.7 Å². The van der Waals surface area contributed by atoms with Gasteiger partial charge < -0.3 is 9.84 Å². The molecular weight excluding hydrogens is 214 g/mol. The van der Waals surface area contributed by atoms with Crippen molar-refractivity contribution in [2.75, 3.05) is 26.8 Å². The molecule has 0 aliphatic carbocycles. The molecular formula is C14H21NO2. The fraction of sp³-hybridized carbons (Fsp3) is 0.571. The maximum Gasteiger partial charge on any atom is 0.0904 e. The van der Waals surface area contributed by atoms with Crippen LogP contribution in [0.1, 0.15) is 18.4 Å². The molecule has 2 rings (SSSR count). The fourth-order valence-electron chi connectivity index (χ4n) is 2.38. The Morgan fingerprint density at radius 3 is 2.47 bits per heavy atom. The molecule has 1 aromatic carbocycles. The van der Waals surface area contributed by atoms with Crippen LogP contribution >= 0.6 is 0 Å². The van der Waals surface area contributed by atoms with Gasteiger partial charge in [-0.05, 0) is 18.4 Å². The third kappa shape index (κ3) is 3.53. The minimum Gasteiger partial charge on any atom is -0.387 e. The van der Waals surface area contributed by atoms with Crippen molar-refractivity contribution in [2.24, 2.45) is 0 Å². The van der Waals surface area contributed by atoms with Gasteiger partial charge in [0.15, 0.2) is 0 Å². The lowest BCUT2D eigenvalue weighted by Gasteiger charge is -2.37. The molecule has 0 saturated carbocycles. The second-order valence-electron chi connectivity index (χ2n) is 4.92. The number of benzene rings is 1. The first-order valence-corrected chi connectivity index (χ1v) is 6.19. The molecule has 17 heavy (non-hydrogen) atoms. The monoisotopic (exact) mass is 235 g/mol. The Hall–Kier alpha value is -0.900. The highest BCUT2D eigenvalue weighted by atomic mass is 16.5. The summed E-state index contributed by atoms with van der Waals surface area (Å²) < 4.78 is 5.07. The van der Waals surface area contributed by atoms with Gasteiger partial charge in [0.05, 0.1) is 12.2 Å². The number of piperidine rings is 1. The maximum absolute atomic E-state index is 10.2. The summed E-state index contributed by atoms with van der Waals surface area (Å²) in [6.07, 6.45) is 1.60. The Morgan fingerprint density at radius 1 is 1.24 bits per heavy atom. The van der Waals surface area contributed by atoms with E-state index in [1.165, 1.54) is 5.56 Å². The number of rotatable bonds is 4. The largest absolute Gasteiger partial charge is 0.387 e. The fourth-order valence-corrected chi connectivity index (χ4v) is 2.38. The van der Waals surface area contributed by atoms with Crippen molar-refractivity contribution in [1.82, 2.24) is 4.90 Å². The number of aliphatic hydroxyl groups is 1. The number of likely N-dealkylation sites (tertiary alicyclic amines) is 1. The van der Waals surface area contributed by atoms with Gasteiger partial charge in [-0.15, -0.1) is 0 Å². The Balaban J connectivity index is 1.83. The third-order valence-electron chi connectivity index (χ3n) is 3.45. The molecule has 94 valence electrons. The van der Waals surface area contributed by atoms with Crippen LogP contribution in [0, 0.1) is 0 Å². The van der Waals surface area contributed by atoms with Crippen LogP contribution in [0.3, 0.4) is 0 Å². The Kier molecular flexibility index (Phi) is 4.15. The summed E-state index contributed by atoms with van der Waals surface area (Å²) in [5.41, 5.74) is 0.728. The van der Waals surface area contributed by atoms with E-state index in [0.29, 0.717) is 6.61 Å². The van der Waals surface area contributed by atoms with Crippen LogP contribution in [0.5, 0.6) is 0 Å². The molecule has 1 aromatic rings. The van der Waals surface area contributed by atoms with E-state index < -0.39 is 5.60 Å². The van der Waals surface area contributed by atoms with E-state index in [9.17, 15) is 5.11 Å². The lowest BCUT2D eigenvalue weighted by molar-refractivity contribution is -0.0719. The molecule has 3 heteroatoms. The molecule has 0 amide bonds. The summed E-state index contributed by atoms with van der Waals surface area (Å²) in [6.45, 7) is 3.31. The number of nitrogens with zero attached hydrogens (tertiary/aromatic N) is 1. The molecule has 1 N–H and O–H groups in total. The van der Waals surface area contributed by atoms with E-state index in [-0.39, 0.29) is 0 Å². The highest BCUT2D eigenvalue weighted by Crippen LogP contribution is 2.23. The van der Waals surface area contributed by atoms with Crippen LogP contribution in [0.15, 0.2) is 30.3 Å². The zero-order chi connectivity index (χ0) is 12.1. The number of methoxy groups -OCH3 is 1. The molecule has 3 nitrogen and oxygen atoms in total. The molecule has 0 aromatic heterocycles. The molecule has 0 atom stereocenters. The molecule has 1 aliphatic rings. The van der Waals surface area contributed by atoms with Crippen molar-refractivity contribution in [3.05, 3.63) is 35.9 Å². The predicted octanol–water partition coefficient (Wildman–Crippen LogP) is 1.66. The molecule has 1 saturated heterocycles. The summed E-state index contributed by atoms with van der Waals surface area (Å²) in [4.78, 5) is 2.39. The summed E-state index contributed by atoms with van der Waals surface area (Å²) in [7, 11) is 1.65. The van der Waals surface area contributed by atoms with E-state index in [1.807, 2.05) is 6.07 Å². The summed E-state index contributed by atoms with van der Waals surface area (Å²) in [5.74, 6) is 0. The minimum atomic E-state index is -0.609. The molecule has 0 spiro atoms. The first kappa shape index (κ1) is 12.6. The second kappa shape index (κ2) is 5.63. The quantitative estimate of drug-likeness (QED) is 0.861. The number of hydrogen-bond acceptors (Lipinski definition) is 3. The average Bonchev–Trinajstić information content (AvgIpc) is 2.34. The van der Waals surface area contributed by atoms with Crippen molar-refractivity contribution >= 4 is 0 Å². The van der Waals surface area contributed by atoms with E-state index in [2.05, 4.69) is 29.2 Å². The molecule has 1 heterocycles. The van der Waals surface area contributed by atoms with Gasteiger partial charge in [-0.25, -0.2) is 0 Å². The molecule has 1 fully saturated rings. The van der Waals surface area contributed by atoms with Crippen LogP contribution in [-0.4, -0.2) is 42.4 Å². The number of ether oxygens (including phenoxy) is 1. The standard InChI is InChI=1S/C14H21NO2/c1-17-12-14(16)7-9-15(10-8-14)11-13-5-3-2-4-6-13/h2-6,16H,7-12H2,1H3. The summed E-state index contributed by atoms with van der Waals surface area (Å²) >= 11 is 0. The normalized spacial score (nSPS) is 20.4. The van der Waals surface area contributed by atoms with Gasteiger partial charge in [-0.1, -0.05) is 30.3 Å². The van der Waals surface area contributed by atoms with Crippen LogP contribution in [0.4, 0.5) is 0 Å². The average molecular weight is 235 g/mol. The second-order valence-corrected chi connectivity index (χ2v) is 4.92.